The molecular formula is C25H34N4O5. The molecule has 1 aliphatic carbocycles. The van der Waals surface area contributed by atoms with Crippen molar-refractivity contribution in [2.45, 2.75) is 64.3 Å². The van der Waals surface area contributed by atoms with E-state index in [0.29, 0.717) is 56.3 Å². The van der Waals surface area contributed by atoms with Gasteiger partial charge in [-0.1, -0.05) is 39.0 Å². The summed E-state index contributed by atoms with van der Waals surface area (Å²) in [5, 5.41) is 2.90. The number of nitrogens with zero attached hydrogens (tertiary/aromatic N) is 3. The lowest BCUT2D eigenvalue weighted by molar-refractivity contribution is -0.140. The lowest BCUT2D eigenvalue weighted by Crippen LogP contribution is -2.46. The van der Waals surface area contributed by atoms with Crippen molar-refractivity contribution in [1.82, 2.24) is 20.2 Å². The highest BCUT2D eigenvalue weighted by atomic mass is 16.5. The van der Waals surface area contributed by atoms with Crippen LogP contribution in [0.3, 0.4) is 0 Å². The molecule has 0 radical (unpaired) electrons. The van der Waals surface area contributed by atoms with Crippen LogP contribution in [0.2, 0.25) is 0 Å². The summed E-state index contributed by atoms with van der Waals surface area (Å²) < 4.78 is 10.9. The van der Waals surface area contributed by atoms with E-state index in [0.717, 1.165) is 25.7 Å². The van der Waals surface area contributed by atoms with Gasteiger partial charge in [-0.2, -0.15) is 4.98 Å². The Kier molecular flexibility index (Phi) is 8.26. The molecule has 0 spiro atoms. The third-order valence-electron chi connectivity index (χ3n) is 6.92. The molecule has 9 nitrogen and oxygen atoms in total. The van der Waals surface area contributed by atoms with Gasteiger partial charge in [0, 0.05) is 31.6 Å². The van der Waals surface area contributed by atoms with E-state index in [4.69, 9.17) is 9.15 Å². The van der Waals surface area contributed by atoms with Crippen LogP contribution in [0, 0.1) is 11.8 Å². The Balaban J connectivity index is 1.45. The number of rotatable bonds is 9. The van der Waals surface area contributed by atoms with Crippen LogP contribution in [0.25, 0.3) is 11.2 Å². The van der Waals surface area contributed by atoms with Crippen molar-refractivity contribution in [3.63, 3.8) is 0 Å². The van der Waals surface area contributed by atoms with Crippen LogP contribution in [0.4, 0.5) is 0 Å². The van der Waals surface area contributed by atoms with E-state index >= 15 is 0 Å². The third kappa shape index (κ3) is 6.00. The van der Waals surface area contributed by atoms with Crippen LogP contribution in [0.5, 0.6) is 0 Å². The first-order chi connectivity index (χ1) is 16.5. The number of oxazole rings is 1. The van der Waals surface area contributed by atoms with Gasteiger partial charge in [0.1, 0.15) is 0 Å². The molecule has 2 atom stereocenters. The molecule has 1 saturated carbocycles. The maximum Gasteiger partial charge on any atom is 0.268 e. The predicted octanol–water partition coefficient (Wildman–Crippen LogP) is 3.14. The maximum absolute atomic E-state index is 13.4. The lowest BCUT2D eigenvalue weighted by atomic mass is 9.81. The van der Waals surface area contributed by atoms with Crippen molar-refractivity contribution in [3.8, 4) is 0 Å². The fourth-order valence-corrected chi connectivity index (χ4v) is 4.93. The number of hydrogen-bond donors (Lipinski definition) is 1. The number of carbonyl (C=O) groups is 3. The number of ketones is 1. The molecule has 2 aliphatic rings. The average Bonchev–Trinajstić information content (AvgIpc) is 3.32. The quantitative estimate of drug-likeness (QED) is 0.560. The van der Waals surface area contributed by atoms with Gasteiger partial charge in [-0.3, -0.25) is 14.4 Å². The fourth-order valence-electron chi connectivity index (χ4n) is 4.93. The van der Waals surface area contributed by atoms with E-state index in [1.807, 2.05) is 6.92 Å². The minimum atomic E-state index is -0.770. The molecule has 1 aliphatic heterocycles. The Morgan fingerprint density at radius 3 is 2.65 bits per heavy atom. The van der Waals surface area contributed by atoms with Gasteiger partial charge in [0.15, 0.2) is 11.2 Å². The number of Topliss-reactive ketones (excluding diaryl/α,β-unsaturated/α-hetero) is 1. The van der Waals surface area contributed by atoms with Crippen LogP contribution in [0.15, 0.2) is 22.7 Å². The number of fused-ring (bicyclic) bond motifs is 1. The summed E-state index contributed by atoms with van der Waals surface area (Å²) >= 11 is 0. The first kappa shape index (κ1) is 24.3. The van der Waals surface area contributed by atoms with Crippen LogP contribution in [0.1, 0.15) is 69.0 Å². The average molecular weight is 471 g/mol. The number of pyridine rings is 1. The number of nitrogens with one attached hydrogen (secondary N) is 1. The summed E-state index contributed by atoms with van der Waals surface area (Å²) in [6.45, 7) is 3.99. The zero-order valence-corrected chi connectivity index (χ0v) is 19.8. The fraction of sp³-hybridized carbons (Fsp3) is 0.640. The Hall–Kier alpha value is -2.81. The number of hydrogen-bond acceptors (Lipinski definition) is 7. The van der Waals surface area contributed by atoms with Gasteiger partial charge in [0.25, 0.3) is 5.89 Å². The van der Waals surface area contributed by atoms with Gasteiger partial charge in [-0.05, 0) is 30.9 Å². The largest absolute Gasteiger partial charge is 0.432 e. The van der Waals surface area contributed by atoms with Crippen molar-refractivity contribution >= 4 is 28.8 Å². The Bertz CT molecular complexity index is 961. The third-order valence-corrected chi connectivity index (χ3v) is 6.92. The summed E-state index contributed by atoms with van der Waals surface area (Å²) in [6.07, 6.45) is 8.52. The smallest absolute Gasteiger partial charge is 0.268 e. The standard InChI is InChI=1S/C25H34N4O5/c1-2-19(22(31)25-28-23-20(34-25)9-6-10-26-23)27-24(32)18(15-17-7-4-3-5-8-17)16-21(30)29-11-13-33-14-12-29/h6,9-10,17-19H,2-5,7-8,11-16H2,1H3,(H,27,32)/t18?,19-/m0/s1. The molecule has 4 rings (SSSR count). The molecule has 2 aromatic heterocycles. The van der Waals surface area contributed by atoms with Crippen molar-refractivity contribution < 1.29 is 23.5 Å². The number of ether oxygens (including phenoxy) is 1. The molecule has 1 saturated heterocycles. The zero-order valence-electron chi connectivity index (χ0n) is 19.8. The molecule has 9 heteroatoms. The summed E-state index contributed by atoms with van der Waals surface area (Å²) in [4.78, 5) is 49.5. The number of morpholine rings is 1. The second-order valence-corrected chi connectivity index (χ2v) is 9.31. The van der Waals surface area contributed by atoms with Crippen LogP contribution in [-0.2, 0) is 14.3 Å². The number of aromatic nitrogens is 2. The summed E-state index contributed by atoms with van der Waals surface area (Å²) in [6, 6.07) is 2.64. The van der Waals surface area contributed by atoms with Crippen molar-refractivity contribution in [3.05, 3.63) is 24.2 Å². The molecule has 0 aromatic carbocycles. The minimum Gasteiger partial charge on any atom is -0.432 e. The van der Waals surface area contributed by atoms with Crippen molar-refractivity contribution in [2.24, 2.45) is 11.8 Å². The Morgan fingerprint density at radius 2 is 1.94 bits per heavy atom. The molecule has 2 aromatic rings. The highest BCUT2D eigenvalue weighted by Gasteiger charge is 2.32. The van der Waals surface area contributed by atoms with E-state index < -0.39 is 12.0 Å². The van der Waals surface area contributed by atoms with Crippen molar-refractivity contribution in [1.29, 1.82) is 0 Å². The van der Waals surface area contributed by atoms with Crippen LogP contribution >= 0.6 is 0 Å². The van der Waals surface area contributed by atoms with Gasteiger partial charge in [0.05, 0.1) is 19.3 Å². The van der Waals surface area contributed by atoms with Gasteiger partial charge in [0.2, 0.25) is 17.6 Å². The molecule has 2 amide bonds. The lowest BCUT2D eigenvalue weighted by Gasteiger charge is -2.30. The van der Waals surface area contributed by atoms with E-state index in [-0.39, 0.29) is 29.9 Å². The van der Waals surface area contributed by atoms with Crippen molar-refractivity contribution in [2.75, 3.05) is 26.3 Å². The Labute approximate surface area is 199 Å². The predicted molar refractivity (Wildman–Crippen MR) is 125 cm³/mol. The number of amides is 2. The highest BCUT2D eigenvalue weighted by Crippen LogP contribution is 2.31. The molecule has 34 heavy (non-hydrogen) atoms. The van der Waals surface area contributed by atoms with Gasteiger partial charge < -0.3 is 19.4 Å². The molecule has 1 N–H and O–H groups in total. The van der Waals surface area contributed by atoms with Gasteiger partial charge in [-0.25, -0.2) is 4.98 Å². The second-order valence-electron chi connectivity index (χ2n) is 9.31. The molecule has 2 fully saturated rings. The molecular weight excluding hydrogens is 436 g/mol. The molecule has 3 heterocycles. The number of carbonyl (C=O) groups excluding carboxylic acids is 3. The minimum absolute atomic E-state index is 0.0244. The molecule has 184 valence electrons. The first-order valence-electron chi connectivity index (χ1n) is 12.5. The van der Waals surface area contributed by atoms with E-state index in [9.17, 15) is 14.4 Å². The SMILES string of the molecule is CC[C@H](NC(=O)C(CC(=O)N1CCOCC1)CC1CCCCC1)C(=O)c1nc2ncccc2o1. The highest BCUT2D eigenvalue weighted by molar-refractivity contribution is 6.00. The first-order valence-corrected chi connectivity index (χ1v) is 12.5. The molecule has 0 bridgehead atoms. The van der Waals surface area contributed by atoms with Crippen LogP contribution < -0.4 is 5.32 Å². The van der Waals surface area contributed by atoms with Crippen LogP contribution in [-0.4, -0.2) is 64.8 Å². The Morgan fingerprint density at radius 1 is 1.18 bits per heavy atom. The van der Waals surface area contributed by atoms with Gasteiger partial charge >= 0.3 is 0 Å². The van der Waals surface area contributed by atoms with Gasteiger partial charge in [-0.15, -0.1) is 0 Å². The second kappa shape index (κ2) is 11.6. The maximum atomic E-state index is 13.4. The monoisotopic (exact) mass is 470 g/mol. The van der Waals surface area contributed by atoms with E-state index in [1.54, 1.807) is 23.2 Å². The zero-order chi connectivity index (χ0) is 23.9. The van der Waals surface area contributed by atoms with E-state index in [2.05, 4.69) is 15.3 Å². The molecule has 1 unspecified atom stereocenters. The normalized spacial score (nSPS) is 19.0. The summed E-state index contributed by atoms with van der Waals surface area (Å²) in [7, 11) is 0. The summed E-state index contributed by atoms with van der Waals surface area (Å²) in [5.74, 6) is -0.754. The topological polar surface area (TPSA) is 115 Å². The van der Waals surface area contributed by atoms with E-state index in [1.165, 1.54) is 6.42 Å². The summed E-state index contributed by atoms with van der Waals surface area (Å²) in [5.41, 5.74) is 0.789.